The van der Waals surface area contributed by atoms with Crippen molar-refractivity contribution in [1.82, 2.24) is 4.90 Å². The normalized spacial score (nSPS) is 26.8. The van der Waals surface area contributed by atoms with Crippen LogP contribution in [0.2, 0.25) is 0 Å². The van der Waals surface area contributed by atoms with Gasteiger partial charge in [-0.15, -0.1) is 0 Å². The van der Waals surface area contributed by atoms with Gasteiger partial charge in [-0.3, -0.25) is 4.79 Å². The number of benzene rings is 1. The first-order chi connectivity index (χ1) is 11.6. The highest BCUT2D eigenvalue weighted by Crippen LogP contribution is 2.45. The van der Waals surface area contributed by atoms with Crippen LogP contribution >= 0.6 is 0 Å². The monoisotopic (exact) mass is 336 g/mol. The van der Waals surface area contributed by atoms with E-state index in [1.54, 1.807) is 4.90 Å². The van der Waals surface area contributed by atoms with Crippen LogP contribution in [0, 0.1) is 11.2 Å². The summed E-state index contributed by atoms with van der Waals surface area (Å²) in [6.07, 6.45) is 4.18. The number of ether oxygens (including phenoxy) is 1. The fourth-order valence-corrected chi connectivity index (χ4v) is 4.06. The molecule has 1 amide bonds. The summed E-state index contributed by atoms with van der Waals surface area (Å²) in [5.41, 5.74) is 5.48. The molecule has 2 aliphatic rings. The van der Waals surface area contributed by atoms with Crippen LogP contribution in [0.4, 0.5) is 4.39 Å². The molecule has 6 heteroatoms. The minimum Gasteiger partial charge on any atom is -0.491 e. The van der Waals surface area contributed by atoms with E-state index in [1.807, 2.05) is 0 Å². The van der Waals surface area contributed by atoms with Gasteiger partial charge < -0.3 is 20.5 Å². The Labute approximate surface area is 141 Å². The number of nitrogens with zero attached hydrogens (tertiary/aromatic N) is 1. The zero-order valence-corrected chi connectivity index (χ0v) is 13.8. The summed E-state index contributed by atoms with van der Waals surface area (Å²) in [6.45, 7) is 1.75. The predicted molar refractivity (Wildman–Crippen MR) is 88.4 cm³/mol. The summed E-state index contributed by atoms with van der Waals surface area (Å²) < 4.78 is 19.2. The molecule has 1 aromatic rings. The molecule has 1 saturated carbocycles. The Kier molecular flexibility index (Phi) is 5.06. The predicted octanol–water partition coefficient (Wildman–Crippen LogP) is 1.93. The fourth-order valence-electron chi connectivity index (χ4n) is 4.06. The molecule has 3 rings (SSSR count). The molecule has 1 heterocycles. The molecule has 0 aromatic heterocycles. The third-order valence-corrected chi connectivity index (χ3v) is 5.30. The van der Waals surface area contributed by atoms with E-state index < -0.39 is 5.82 Å². The Balaban J connectivity index is 1.82. The van der Waals surface area contributed by atoms with Gasteiger partial charge in [0.05, 0.1) is 11.7 Å². The highest BCUT2D eigenvalue weighted by Gasteiger charge is 2.45. The van der Waals surface area contributed by atoms with E-state index >= 15 is 0 Å². The van der Waals surface area contributed by atoms with Gasteiger partial charge in [0.1, 0.15) is 18.2 Å². The number of hydrogen-bond acceptors (Lipinski definition) is 4. The summed E-state index contributed by atoms with van der Waals surface area (Å²) >= 11 is 0. The third-order valence-electron chi connectivity index (χ3n) is 5.30. The van der Waals surface area contributed by atoms with Crippen molar-refractivity contribution >= 4 is 5.91 Å². The molecule has 3 N–H and O–H groups in total. The quantitative estimate of drug-likeness (QED) is 0.881. The Morgan fingerprint density at radius 1 is 1.42 bits per heavy atom. The van der Waals surface area contributed by atoms with Crippen LogP contribution in [0.15, 0.2) is 18.2 Å². The first kappa shape index (κ1) is 17.2. The summed E-state index contributed by atoms with van der Waals surface area (Å²) in [5, 5.41) is 10.4. The number of aliphatic hydroxyl groups excluding tert-OH is 1. The largest absolute Gasteiger partial charge is 0.491 e. The van der Waals surface area contributed by atoms with E-state index in [4.69, 9.17) is 10.5 Å². The number of nitrogens with two attached hydrogens (primary N) is 1. The molecular formula is C18H25FN2O3. The summed E-state index contributed by atoms with van der Waals surface area (Å²) in [6, 6.07) is 3.98. The number of rotatable bonds is 4. The highest BCUT2D eigenvalue weighted by molar-refractivity contribution is 5.97. The van der Waals surface area contributed by atoms with Crippen molar-refractivity contribution in [2.24, 2.45) is 11.1 Å². The summed E-state index contributed by atoms with van der Waals surface area (Å²) in [4.78, 5) is 14.7. The first-order valence-corrected chi connectivity index (χ1v) is 8.65. The van der Waals surface area contributed by atoms with Gasteiger partial charge in [-0.1, -0.05) is 6.42 Å². The lowest BCUT2D eigenvalue weighted by atomic mass is 9.76. The van der Waals surface area contributed by atoms with Crippen LogP contribution in [0.1, 0.15) is 42.5 Å². The Bertz CT molecular complexity index is 610. The van der Waals surface area contributed by atoms with Crippen LogP contribution in [-0.2, 0) is 0 Å². The van der Waals surface area contributed by atoms with Crippen molar-refractivity contribution in [3.8, 4) is 5.75 Å². The number of carbonyl (C=O) groups is 1. The molecule has 0 radical (unpaired) electrons. The molecule has 1 aliphatic heterocycles. The zero-order chi connectivity index (χ0) is 17.2. The molecule has 1 aliphatic carbocycles. The topological polar surface area (TPSA) is 75.8 Å². The average Bonchev–Trinajstić information content (AvgIpc) is 2.93. The second kappa shape index (κ2) is 7.07. The standard InChI is InChI=1S/C18H25FN2O3/c19-13-4-5-15(24-10-8-20)14(11-13)17(23)21-9-2-7-18(12-21)6-1-3-16(18)22/h4-5,11,16,22H,1-3,6-10,12,20H2/t16-,18-/m1/s1. The second-order valence-electron chi connectivity index (χ2n) is 6.88. The van der Waals surface area contributed by atoms with Gasteiger partial charge in [-0.25, -0.2) is 4.39 Å². The van der Waals surface area contributed by atoms with E-state index in [-0.39, 0.29) is 29.6 Å². The van der Waals surface area contributed by atoms with E-state index in [0.717, 1.165) is 32.1 Å². The van der Waals surface area contributed by atoms with E-state index in [2.05, 4.69) is 0 Å². The van der Waals surface area contributed by atoms with Gasteiger partial charge in [-0.05, 0) is 43.9 Å². The maximum absolute atomic E-state index is 13.7. The van der Waals surface area contributed by atoms with Gasteiger partial charge in [0.25, 0.3) is 5.91 Å². The molecule has 0 bridgehead atoms. The molecule has 24 heavy (non-hydrogen) atoms. The van der Waals surface area contributed by atoms with E-state index in [0.29, 0.717) is 25.4 Å². The minimum atomic E-state index is -0.467. The highest BCUT2D eigenvalue weighted by atomic mass is 19.1. The number of carbonyl (C=O) groups excluding carboxylic acids is 1. The number of piperidine rings is 1. The number of aliphatic hydroxyl groups is 1. The number of halogens is 1. The Morgan fingerprint density at radius 2 is 2.21 bits per heavy atom. The van der Waals surface area contributed by atoms with Crippen molar-refractivity contribution in [3.05, 3.63) is 29.6 Å². The van der Waals surface area contributed by atoms with Crippen molar-refractivity contribution in [2.45, 2.75) is 38.2 Å². The molecule has 2 fully saturated rings. The lowest BCUT2D eigenvalue weighted by molar-refractivity contribution is -0.00547. The lowest BCUT2D eigenvalue weighted by Gasteiger charge is -2.42. The van der Waals surface area contributed by atoms with Crippen molar-refractivity contribution in [1.29, 1.82) is 0 Å². The third kappa shape index (κ3) is 3.26. The first-order valence-electron chi connectivity index (χ1n) is 8.65. The van der Waals surface area contributed by atoms with Crippen LogP contribution < -0.4 is 10.5 Å². The number of hydrogen-bond donors (Lipinski definition) is 2. The van der Waals surface area contributed by atoms with Gasteiger partial charge >= 0.3 is 0 Å². The minimum absolute atomic E-state index is 0.195. The maximum atomic E-state index is 13.7. The van der Waals surface area contributed by atoms with Gasteiger partial charge in [0.2, 0.25) is 0 Å². The van der Waals surface area contributed by atoms with Gasteiger partial charge in [-0.2, -0.15) is 0 Å². The smallest absolute Gasteiger partial charge is 0.257 e. The molecule has 2 atom stereocenters. The molecule has 5 nitrogen and oxygen atoms in total. The Hall–Kier alpha value is -1.66. The fraction of sp³-hybridized carbons (Fsp3) is 0.611. The van der Waals surface area contributed by atoms with Crippen molar-refractivity contribution in [3.63, 3.8) is 0 Å². The number of likely N-dealkylation sites (tertiary alicyclic amines) is 1. The van der Waals surface area contributed by atoms with Crippen LogP contribution in [0.3, 0.4) is 0 Å². The lowest BCUT2D eigenvalue weighted by Crippen LogP contribution is -2.49. The Morgan fingerprint density at radius 3 is 2.92 bits per heavy atom. The van der Waals surface area contributed by atoms with Crippen LogP contribution in [-0.4, -0.2) is 48.3 Å². The van der Waals surface area contributed by atoms with Crippen LogP contribution in [0.5, 0.6) is 5.75 Å². The summed E-state index contributed by atoms with van der Waals surface area (Å²) in [5.74, 6) is -0.343. The van der Waals surface area contributed by atoms with Crippen molar-refractivity contribution < 1.29 is 19.0 Å². The van der Waals surface area contributed by atoms with Crippen LogP contribution in [0.25, 0.3) is 0 Å². The second-order valence-corrected chi connectivity index (χ2v) is 6.88. The van der Waals surface area contributed by atoms with Gasteiger partial charge in [0.15, 0.2) is 0 Å². The molecule has 132 valence electrons. The van der Waals surface area contributed by atoms with Gasteiger partial charge in [0, 0.05) is 25.0 Å². The summed E-state index contributed by atoms with van der Waals surface area (Å²) in [7, 11) is 0. The van der Waals surface area contributed by atoms with Crippen molar-refractivity contribution in [2.75, 3.05) is 26.2 Å². The SMILES string of the molecule is NCCOc1ccc(F)cc1C(=O)N1CCC[C@]2(CCC[C@H]2O)C1. The molecule has 0 unspecified atom stereocenters. The molecule has 1 saturated heterocycles. The van der Waals surface area contributed by atoms with E-state index in [9.17, 15) is 14.3 Å². The molecule has 1 aromatic carbocycles. The molecule has 1 spiro atoms. The maximum Gasteiger partial charge on any atom is 0.257 e. The zero-order valence-electron chi connectivity index (χ0n) is 13.8. The van der Waals surface area contributed by atoms with E-state index in [1.165, 1.54) is 18.2 Å². The average molecular weight is 336 g/mol. The number of amides is 1. The molecular weight excluding hydrogens is 311 g/mol.